The summed E-state index contributed by atoms with van der Waals surface area (Å²) in [6.45, 7) is 2.02. The second kappa shape index (κ2) is 4.07. The van der Waals surface area contributed by atoms with Gasteiger partial charge in [-0.05, 0) is 25.7 Å². The average Bonchev–Trinajstić information content (AvgIpc) is 2.58. The van der Waals surface area contributed by atoms with Crippen molar-refractivity contribution in [1.29, 1.82) is 0 Å². The van der Waals surface area contributed by atoms with Gasteiger partial charge in [0.25, 0.3) is 0 Å². The SMILES string of the molecule is CC1(C(=O)NC2CC(C(=O)O)C2)CCCC1. The Kier molecular flexibility index (Phi) is 2.91. The standard InChI is InChI=1S/C12H19NO3/c1-12(4-2-3-5-12)11(16)13-9-6-8(7-9)10(14)15/h8-9H,2-7H2,1H3,(H,13,16)(H,14,15). The zero-order chi connectivity index (χ0) is 11.8. The summed E-state index contributed by atoms with van der Waals surface area (Å²) in [5.41, 5.74) is -0.200. The van der Waals surface area contributed by atoms with E-state index >= 15 is 0 Å². The van der Waals surface area contributed by atoms with E-state index in [0.29, 0.717) is 12.8 Å². The molecule has 90 valence electrons. The molecule has 0 aliphatic heterocycles. The maximum Gasteiger partial charge on any atom is 0.306 e. The molecule has 2 N–H and O–H groups in total. The molecule has 2 aliphatic rings. The summed E-state index contributed by atoms with van der Waals surface area (Å²) >= 11 is 0. The first-order valence-electron chi connectivity index (χ1n) is 6.05. The monoisotopic (exact) mass is 225 g/mol. The maximum absolute atomic E-state index is 12.0. The predicted molar refractivity (Wildman–Crippen MR) is 58.9 cm³/mol. The smallest absolute Gasteiger partial charge is 0.306 e. The second-order valence-corrected chi connectivity index (χ2v) is 5.44. The van der Waals surface area contributed by atoms with Gasteiger partial charge < -0.3 is 10.4 Å². The Hall–Kier alpha value is -1.06. The molecular weight excluding hydrogens is 206 g/mol. The summed E-state index contributed by atoms with van der Waals surface area (Å²) in [6, 6.07) is 0.0889. The average molecular weight is 225 g/mol. The van der Waals surface area contributed by atoms with Crippen LogP contribution in [0.4, 0.5) is 0 Å². The van der Waals surface area contributed by atoms with Gasteiger partial charge in [0.1, 0.15) is 0 Å². The van der Waals surface area contributed by atoms with E-state index < -0.39 is 5.97 Å². The van der Waals surface area contributed by atoms with E-state index in [-0.39, 0.29) is 23.3 Å². The molecule has 16 heavy (non-hydrogen) atoms. The van der Waals surface area contributed by atoms with Gasteiger partial charge in [-0.1, -0.05) is 19.8 Å². The van der Waals surface area contributed by atoms with E-state index in [1.807, 2.05) is 6.92 Å². The van der Waals surface area contributed by atoms with Crippen molar-refractivity contribution in [3.05, 3.63) is 0 Å². The fourth-order valence-electron chi connectivity index (χ4n) is 2.68. The first-order valence-corrected chi connectivity index (χ1v) is 6.05. The first-order chi connectivity index (χ1) is 7.51. The van der Waals surface area contributed by atoms with E-state index in [1.54, 1.807) is 0 Å². The van der Waals surface area contributed by atoms with Crippen LogP contribution in [0.15, 0.2) is 0 Å². The Morgan fingerprint density at radius 3 is 2.31 bits per heavy atom. The lowest BCUT2D eigenvalue weighted by molar-refractivity contribution is -0.146. The summed E-state index contributed by atoms with van der Waals surface area (Å²) in [5, 5.41) is 11.7. The molecule has 0 radical (unpaired) electrons. The van der Waals surface area contributed by atoms with Gasteiger partial charge in [-0.25, -0.2) is 0 Å². The van der Waals surface area contributed by atoms with Gasteiger partial charge in [0, 0.05) is 11.5 Å². The normalized spacial score (nSPS) is 31.8. The van der Waals surface area contributed by atoms with E-state index in [4.69, 9.17) is 5.11 Å². The van der Waals surface area contributed by atoms with Gasteiger partial charge in [-0.3, -0.25) is 9.59 Å². The third kappa shape index (κ3) is 2.06. The van der Waals surface area contributed by atoms with Crippen LogP contribution >= 0.6 is 0 Å². The van der Waals surface area contributed by atoms with Gasteiger partial charge in [0.2, 0.25) is 5.91 Å². The van der Waals surface area contributed by atoms with Crippen LogP contribution in [-0.4, -0.2) is 23.0 Å². The minimum atomic E-state index is -0.738. The molecule has 0 heterocycles. The Morgan fingerprint density at radius 1 is 1.25 bits per heavy atom. The number of amides is 1. The van der Waals surface area contributed by atoms with E-state index in [9.17, 15) is 9.59 Å². The Bertz CT molecular complexity index is 301. The largest absolute Gasteiger partial charge is 0.481 e. The maximum atomic E-state index is 12.0. The molecule has 0 bridgehead atoms. The molecule has 0 aromatic rings. The molecule has 4 nitrogen and oxygen atoms in total. The molecule has 0 spiro atoms. The van der Waals surface area contributed by atoms with Gasteiger partial charge >= 0.3 is 5.97 Å². The van der Waals surface area contributed by atoms with Crippen molar-refractivity contribution in [2.24, 2.45) is 11.3 Å². The molecule has 0 aromatic heterocycles. The molecule has 4 heteroatoms. The highest BCUT2D eigenvalue weighted by molar-refractivity contribution is 5.83. The third-order valence-electron chi connectivity index (χ3n) is 4.08. The fourth-order valence-corrected chi connectivity index (χ4v) is 2.68. The summed E-state index contributed by atoms with van der Waals surface area (Å²) in [5.74, 6) is -0.863. The topological polar surface area (TPSA) is 66.4 Å². The summed E-state index contributed by atoms with van der Waals surface area (Å²) in [4.78, 5) is 22.6. The van der Waals surface area contributed by atoms with E-state index in [2.05, 4.69) is 5.32 Å². The van der Waals surface area contributed by atoms with Crippen LogP contribution in [0.2, 0.25) is 0 Å². The van der Waals surface area contributed by atoms with Crippen molar-refractivity contribution in [3.8, 4) is 0 Å². The summed E-state index contributed by atoms with van der Waals surface area (Å²) in [7, 11) is 0. The molecule has 2 fully saturated rings. The highest BCUT2D eigenvalue weighted by Gasteiger charge is 2.40. The Morgan fingerprint density at radius 2 is 1.81 bits per heavy atom. The highest BCUT2D eigenvalue weighted by Crippen LogP contribution is 2.38. The third-order valence-corrected chi connectivity index (χ3v) is 4.08. The molecule has 0 unspecified atom stereocenters. The van der Waals surface area contributed by atoms with Crippen LogP contribution in [-0.2, 0) is 9.59 Å². The molecular formula is C12H19NO3. The molecule has 2 aliphatic carbocycles. The minimum Gasteiger partial charge on any atom is -0.481 e. The summed E-state index contributed by atoms with van der Waals surface area (Å²) < 4.78 is 0. The molecule has 1 amide bonds. The van der Waals surface area contributed by atoms with Crippen molar-refractivity contribution in [1.82, 2.24) is 5.32 Å². The lowest BCUT2D eigenvalue weighted by Gasteiger charge is -2.35. The molecule has 0 aromatic carbocycles. The van der Waals surface area contributed by atoms with Gasteiger partial charge in [0.05, 0.1) is 5.92 Å². The zero-order valence-electron chi connectivity index (χ0n) is 9.66. The van der Waals surface area contributed by atoms with Crippen LogP contribution in [0.25, 0.3) is 0 Å². The number of carboxylic acids is 1. The molecule has 2 saturated carbocycles. The second-order valence-electron chi connectivity index (χ2n) is 5.44. The van der Waals surface area contributed by atoms with Crippen molar-refractivity contribution in [2.75, 3.05) is 0 Å². The van der Waals surface area contributed by atoms with Crippen molar-refractivity contribution in [3.63, 3.8) is 0 Å². The number of rotatable bonds is 3. The van der Waals surface area contributed by atoms with Gasteiger partial charge in [-0.2, -0.15) is 0 Å². The molecule has 0 saturated heterocycles. The number of hydrogen-bond donors (Lipinski definition) is 2. The number of aliphatic carboxylic acids is 1. The van der Waals surface area contributed by atoms with E-state index in [1.165, 1.54) is 0 Å². The van der Waals surface area contributed by atoms with Crippen LogP contribution in [0, 0.1) is 11.3 Å². The van der Waals surface area contributed by atoms with Gasteiger partial charge in [0.15, 0.2) is 0 Å². The zero-order valence-corrected chi connectivity index (χ0v) is 9.66. The number of carbonyl (C=O) groups excluding carboxylic acids is 1. The van der Waals surface area contributed by atoms with Crippen LogP contribution in [0.1, 0.15) is 45.4 Å². The lowest BCUT2D eigenvalue weighted by atomic mass is 9.79. The number of carboxylic acid groups (broad SMARTS) is 1. The van der Waals surface area contributed by atoms with Crippen molar-refractivity contribution >= 4 is 11.9 Å². The van der Waals surface area contributed by atoms with Crippen LogP contribution < -0.4 is 5.32 Å². The number of hydrogen-bond acceptors (Lipinski definition) is 2. The lowest BCUT2D eigenvalue weighted by Crippen LogP contribution is -2.50. The molecule has 2 rings (SSSR count). The number of carbonyl (C=O) groups is 2. The van der Waals surface area contributed by atoms with E-state index in [0.717, 1.165) is 25.7 Å². The van der Waals surface area contributed by atoms with Crippen LogP contribution in [0.5, 0.6) is 0 Å². The van der Waals surface area contributed by atoms with Crippen molar-refractivity contribution in [2.45, 2.75) is 51.5 Å². The molecule has 0 atom stereocenters. The van der Waals surface area contributed by atoms with Crippen molar-refractivity contribution < 1.29 is 14.7 Å². The number of nitrogens with one attached hydrogen (secondary N) is 1. The quantitative estimate of drug-likeness (QED) is 0.765. The highest BCUT2D eigenvalue weighted by atomic mass is 16.4. The fraction of sp³-hybridized carbons (Fsp3) is 0.833. The Balaban J connectivity index is 1.79. The first kappa shape index (κ1) is 11.4. The van der Waals surface area contributed by atoms with Crippen LogP contribution in [0.3, 0.4) is 0 Å². The summed E-state index contributed by atoms with van der Waals surface area (Å²) in [6.07, 6.45) is 5.38. The minimum absolute atomic E-state index is 0.0889. The Labute approximate surface area is 95.4 Å². The predicted octanol–water partition coefficient (Wildman–Crippen LogP) is 1.55. The van der Waals surface area contributed by atoms with Gasteiger partial charge in [-0.15, -0.1) is 0 Å².